The van der Waals surface area contributed by atoms with Gasteiger partial charge in [-0.25, -0.2) is 14.0 Å². The van der Waals surface area contributed by atoms with Gasteiger partial charge in [0.25, 0.3) is 10.0 Å². The van der Waals surface area contributed by atoms with Crippen LogP contribution in [0.4, 0.5) is 4.39 Å². The normalized spacial score (nSPS) is 16.2. The third-order valence-electron chi connectivity index (χ3n) is 2.19. The predicted octanol–water partition coefficient (Wildman–Crippen LogP) is 0.484. The Morgan fingerprint density at radius 3 is 2.55 bits per heavy atom. The zero-order valence-electron chi connectivity index (χ0n) is 9.61. The van der Waals surface area contributed by atoms with Crippen LogP contribution in [-0.4, -0.2) is 31.2 Å². The number of rotatable bonds is 3. The lowest BCUT2D eigenvalue weighted by molar-refractivity contribution is -0.131. The van der Waals surface area contributed by atoms with Crippen LogP contribution in [0.3, 0.4) is 0 Å². The molecule has 1 aliphatic rings. The quantitative estimate of drug-likeness (QED) is 0.642. The second-order valence-electron chi connectivity index (χ2n) is 3.61. The minimum absolute atomic E-state index is 0.160. The number of carbonyl (C=O) groups excluding carboxylic acids is 1. The number of esters is 1. The monoisotopic (exact) mass is 299 g/mol. The lowest BCUT2D eigenvalue weighted by Gasteiger charge is -2.01. The van der Waals surface area contributed by atoms with Gasteiger partial charge in [0.2, 0.25) is 0 Å². The molecule has 0 saturated heterocycles. The van der Waals surface area contributed by atoms with Crippen molar-refractivity contribution < 1.29 is 32.2 Å². The van der Waals surface area contributed by atoms with E-state index in [4.69, 9.17) is 5.11 Å². The third kappa shape index (κ3) is 2.72. The molecule has 7 nitrogen and oxygen atoms in total. The van der Waals surface area contributed by atoms with Crippen LogP contribution in [0, 0.1) is 5.82 Å². The number of ether oxygens (including phenoxy) is 1. The fourth-order valence-electron chi connectivity index (χ4n) is 1.36. The minimum atomic E-state index is -4.41. The van der Waals surface area contributed by atoms with Crippen molar-refractivity contribution in [3.05, 3.63) is 41.1 Å². The van der Waals surface area contributed by atoms with E-state index in [1.165, 1.54) is 12.1 Å². The van der Waals surface area contributed by atoms with Gasteiger partial charge in [0, 0.05) is 12.1 Å². The number of sulfonamides is 1. The molecule has 1 heterocycles. The second kappa shape index (κ2) is 4.85. The Bertz CT molecular complexity index is 765. The molecule has 0 unspecified atom stereocenters. The average molecular weight is 299 g/mol. The van der Waals surface area contributed by atoms with Gasteiger partial charge in [-0.05, 0) is 12.1 Å². The van der Waals surface area contributed by atoms with Gasteiger partial charge >= 0.3 is 11.9 Å². The van der Waals surface area contributed by atoms with Gasteiger partial charge in [0.05, 0.1) is 0 Å². The summed E-state index contributed by atoms with van der Waals surface area (Å²) in [4.78, 5) is 21.2. The lowest BCUT2D eigenvalue weighted by atomic mass is 10.3. The van der Waals surface area contributed by atoms with Crippen molar-refractivity contribution in [1.82, 2.24) is 0 Å². The van der Waals surface area contributed by atoms with Crippen LogP contribution in [0.5, 0.6) is 5.75 Å². The fraction of sp³-hybridized carbons (Fsp3) is 0. The highest BCUT2D eigenvalue weighted by Crippen LogP contribution is 2.19. The Labute approximate surface area is 112 Å². The number of hydrogen-bond acceptors (Lipinski definition) is 5. The van der Waals surface area contributed by atoms with Gasteiger partial charge in [0.15, 0.2) is 10.6 Å². The molecule has 0 radical (unpaired) electrons. The van der Waals surface area contributed by atoms with E-state index in [0.29, 0.717) is 6.08 Å². The van der Waals surface area contributed by atoms with Crippen LogP contribution in [0.15, 0.2) is 39.6 Å². The van der Waals surface area contributed by atoms with Gasteiger partial charge in [-0.2, -0.15) is 12.8 Å². The molecule has 20 heavy (non-hydrogen) atoms. The van der Waals surface area contributed by atoms with Gasteiger partial charge in [-0.3, -0.25) is 0 Å². The first-order valence-electron chi connectivity index (χ1n) is 5.07. The summed E-state index contributed by atoms with van der Waals surface area (Å²) >= 11 is 0. The first-order chi connectivity index (χ1) is 9.29. The SMILES string of the molecule is O=C(O)C1=CC(C(=O)Oc2cccc(F)c2)=NS1(=O)=O. The van der Waals surface area contributed by atoms with E-state index in [1.807, 2.05) is 0 Å². The van der Waals surface area contributed by atoms with Crippen LogP contribution in [0.2, 0.25) is 0 Å². The summed E-state index contributed by atoms with van der Waals surface area (Å²) in [6, 6.07) is 4.58. The van der Waals surface area contributed by atoms with Crippen LogP contribution >= 0.6 is 0 Å². The average Bonchev–Trinajstić information content (AvgIpc) is 2.65. The number of carboxylic acid groups (broad SMARTS) is 1. The summed E-state index contributed by atoms with van der Waals surface area (Å²) in [5, 5.41) is 8.65. The van der Waals surface area contributed by atoms with Gasteiger partial charge in [0.1, 0.15) is 11.6 Å². The smallest absolute Gasteiger partial charge is 0.363 e. The second-order valence-corrected chi connectivity index (χ2v) is 5.18. The molecule has 0 amide bonds. The summed E-state index contributed by atoms with van der Waals surface area (Å²) in [6.07, 6.45) is 0.583. The van der Waals surface area contributed by atoms with E-state index in [2.05, 4.69) is 9.13 Å². The van der Waals surface area contributed by atoms with E-state index in [0.717, 1.165) is 12.1 Å². The largest absolute Gasteiger partial charge is 0.477 e. The number of nitrogens with zero attached hydrogens (tertiary/aromatic N) is 1. The standard InChI is InChI=1S/C11H6FNO6S/c12-6-2-1-3-7(4-6)19-11(16)8-5-9(10(14)15)20(17,18)13-8/h1-5H,(H,14,15). The highest BCUT2D eigenvalue weighted by molar-refractivity contribution is 7.95. The van der Waals surface area contributed by atoms with Crippen molar-refractivity contribution in [3.63, 3.8) is 0 Å². The lowest BCUT2D eigenvalue weighted by Crippen LogP contribution is -2.17. The maximum absolute atomic E-state index is 12.9. The highest BCUT2D eigenvalue weighted by atomic mass is 32.2. The molecule has 1 N–H and O–H groups in total. The summed E-state index contributed by atoms with van der Waals surface area (Å²) in [5.41, 5.74) is -0.688. The fourth-order valence-corrected chi connectivity index (χ4v) is 2.33. The topological polar surface area (TPSA) is 110 Å². The maximum Gasteiger partial charge on any atom is 0.363 e. The Kier molecular flexibility index (Phi) is 3.36. The van der Waals surface area contributed by atoms with Crippen molar-refractivity contribution in [2.45, 2.75) is 0 Å². The number of benzene rings is 1. The molecule has 9 heteroatoms. The molecule has 0 aliphatic carbocycles. The summed E-state index contributed by atoms with van der Waals surface area (Å²) in [7, 11) is -4.41. The summed E-state index contributed by atoms with van der Waals surface area (Å²) < 4.78 is 43.2. The molecule has 1 aromatic carbocycles. The summed E-state index contributed by atoms with van der Waals surface area (Å²) in [5.74, 6) is -3.75. The van der Waals surface area contributed by atoms with Crippen LogP contribution in [-0.2, 0) is 19.6 Å². The molecule has 0 fully saturated rings. The Morgan fingerprint density at radius 1 is 1.30 bits per heavy atom. The molecule has 0 saturated carbocycles. The van der Waals surface area contributed by atoms with E-state index in [1.54, 1.807) is 0 Å². The minimum Gasteiger partial charge on any atom is -0.477 e. The van der Waals surface area contributed by atoms with Gasteiger partial charge in [-0.1, -0.05) is 6.07 Å². The number of carbonyl (C=O) groups is 2. The van der Waals surface area contributed by atoms with Crippen molar-refractivity contribution in [1.29, 1.82) is 0 Å². The molecule has 1 aromatic rings. The molecular formula is C11H6FNO6S. The van der Waals surface area contributed by atoms with Crippen molar-refractivity contribution >= 4 is 27.7 Å². The predicted molar refractivity (Wildman–Crippen MR) is 64.1 cm³/mol. The van der Waals surface area contributed by atoms with E-state index >= 15 is 0 Å². The van der Waals surface area contributed by atoms with Crippen LogP contribution < -0.4 is 4.74 Å². The van der Waals surface area contributed by atoms with E-state index < -0.39 is 38.4 Å². The molecular weight excluding hydrogens is 293 g/mol. The van der Waals surface area contributed by atoms with Crippen molar-refractivity contribution in [3.8, 4) is 5.75 Å². The molecule has 104 valence electrons. The summed E-state index contributed by atoms with van der Waals surface area (Å²) in [6.45, 7) is 0. The number of halogens is 1. The maximum atomic E-state index is 12.9. The highest BCUT2D eigenvalue weighted by Gasteiger charge is 2.33. The first-order valence-corrected chi connectivity index (χ1v) is 6.51. The number of aliphatic carboxylic acids is 1. The number of hydrogen-bond donors (Lipinski definition) is 1. The van der Waals surface area contributed by atoms with E-state index in [9.17, 15) is 22.4 Å². The number of carboxylic acids is 1. The first kappa shape index (κ1) is 13.9. The zero-order chi connectivity index (χ0) is 14.9. The van der Waals surface area contributed by atoms with E-state index in [-0.39, 0.29) is 5.75 Å². The molecule has 1 aliphatic heterocycles. The van der Waals surface area contributed by atoms with Crippen LogP contribution in [0.1, 0.15) is 0 Å². The Hall–Kier alpha value is -2.55. The molecule has 0 bridgehead atoms. The third-order valence-corrected chi connectivity index (χ3v) is 3.48. The Balaban J connectivity index is 2.26. The zero-order valence-corrected chi connectivity index (χ0v) is 10.4. The molecule has 2 rings (SSSR count). The molecule has 0 spiro atoms. The molecule has 0 aromatic heterocycles. The van der Waals surface area contributed by atoms with Crippen molar-refractivity contribution in [2.24, 2.45) is 4.40 Å². The Morgan fingerprint density at radius 2 is 2.00 bits per heavy atom. The van der Waals surface area contributed by atoms with Crippen molar-refractivity contribution in [2.75, 3.05) is 0 Å². The van der Waals surface area contributed by atoms with Gasteiger partial charge in [-0.15, -0.1) is 0 Å². The van der Waals surface area contributed by atoms with Crippen LogP contribution in [0.25, 0.3) is 0 Å². The van der Waals surface area contributed by atoms with Gasteiger partial charge < -0.3 is 9.84 Å². The molecule has 0 atom stereocenters.